The summed E-state index contributed by atoms with van der Waals surface area (Å²) in [6.07, 6.45) is -3.81. The van der Waals surface area contributed by atoms with Crippen molar-refractivity contribution in [2.24, 2.45) is 0 Å². The van der Waals surface area contributed by atoms with E-state index in [1.807, 2.05) is 24.3 Å². The Morgan fingerprint density at radius 3 is 2.40 bits per heavy atom. The second kappa shape index (κ2) is 9.18. The lowest BCUT2D eigenvalue weighted by atomic mass is 10.1. The third-order valence-electron chi connectivity index (χ3n) is 5.42. The highest BCUT2D eigenvalue weighted by Crippen LogP contribution is 2.31. The number of likely N-dealkylation sites (tertiary alicyclic amines) is 1. The molecule has 2 aromatic heterocycles. The Morgan fingerprint density at radius 1 is 0.971 bits per heavy atom. The van der Waals surface area contributed by atoms with Gasteiger partial charge in [-0.1, -0.05) is 22.0 Å². The fourth-order valence-corrected chi connectivity index (χ4v) is 3.83. The van der Waals surface area contributed by atoms with E-state index in [-0.39, 0.29) is 17.9 Å². The molecule has 0 unspecified atom stereocenters. The predicted molar refractivity (Wildman–Crippen MR) is 126 cm³/mol. The number of fused-ring (bicyclic) bond motifs is 1. The van der Waals surface area contributed by atoms with Crippen molar-refractivity contribution in [1.29, 1.82) is 0 Å². The topological polar surface area (TPSA) is 64.5 Å². The Kier molecular flexibility index (Phi) is 6.06. The minimum Gasteiger partial charge on any atom is -0.487 e. The number of aromatic nitrogens is 2. The number of carbonyl (C=O) groups is 1. The highest BCUT2D eigenvalue weighted by Gasteiger charge is 2.33. The molecule has 2 aromatic carbocycles. The number of benzene rings is 2. The van der Waals surface area contributed by atoms with E-state index < -0.39 is 11.7 Å². The number of halogens is 4. The van der Waals surface area contributed by atoms with Gasteiger partial charge in [0, 0.05) is 22.1 Å². The molecule has 1 fully saturated rings. The van der Waals surface area contributed by atoms with E-state index in [1.54, 1.807) is 35.2 Å². The average molecular weight is 544 g/mol. The molecule has 5 rings (SSSR count). The van der Waals surface area contributed by atoms with E-state index in [1.165, 1.54) is 0 Å². The van der Waals surface area contributed by atoms with Crippen LogP contribution in [0.25, 0.3) is 10.9 Å². The van der Waals surface area contributed by atoms with Crippen LogP contribution in [0.3, 0.4) is 0 Å². The first-order valence-corrected chi connectivity index (χ1v) is 11.4. The first kappa shape index (κ1) is 23.1. The normalized spacial score (nSPS) is 14.0. The number of amides is 1. The lowest BCUT2D eigenvalue weighted by molar-refractivity contribution is -0.137. The van der Waals surface area contributed by atoms with Gasteiger partial charge in [-0.25, -0.2) is 9.97 Å². The van der Waals surface area contributed by atoms with E-state index in [0.717, 1.165) is 28.6 Å². The van der Waals surface area contributed by atoms with Crippen LogP contribution < -0.4 is 9.47 Å². The number of alkyl halides is 3. The van der Waals surface area contributed by atoms with Crippen LogP contribution in [-0.2, 0) is 6.18 Å². The van der Waals surface area contributed by atoms with Gasteiger partial charge < -0.3 is 14.4 Å². The zero-order valence-electron chi connectivity index (χ0n) is 18.0. The van der Waals surface area contributed by atoms with Crippen LogP contribution >= 0.6 is 15.9 Å². The average Bonchev–Trinajstić information content (AvgIpc) is 2.81. The monoisotopic (exact) mass is 543 g/mol. The number of nitrogens with zero attached hydrogens (tertiary/aromatic N) is 3. The van der Waals surface area contributed by atoms with E-state index >= 15 is 0 Å². The Balaban J connectivity index is 1.22. The summed E-state index contributed by atoms with van der Waals surface area (Å²) >= 11 is 3.38. The van der Waals surface area contributed by atoms with Crippen LogP contribution in [0, 0.1) is 0 Å². The molecule has 1 aliphatic rings. The molecule has 3 heterocycles. The number of carbonyl (C=O) groups excluding carboxylic acids is 1. The van der Waals surface area contributed by atoms with Crippen LogP contribution in [-0.4, -0.2) is 40.0 Å². The fraction of sp³-hybridized carbons (Fsp3) is 0.160. The van der Waals surface area contributed by atoms with E-state index in [0.29, 0.717) is 35.4 Å². The maximum absolute atomic E-state index is 12.8. The van der Waals surface area contributed by atoms with Crippen molar-refractivity contribution in [3.63, 3.8) is 0 Å². The van der Waals surface area contributed by atoms with Gasteiger partial charge >= 0.3 is 6.18 Å². The van der Waals surface area contributed by atoms with Crippen LogP contribution in [0.4, 0.5) is 13.2 Å². The first-order valence-electron chi connectivity index (χ1n) is 10.6. The Bertz CT molecular complexity index is 1370. The van der Waals surface area contributed by atoms with Crippen LogP contribution in [0.1, 0.15) is 16.1 Å². The van der Waals surface area contributed by atoms with Crippen molar-refractivity contribution < 1.29 is 27.4 Å². The number of pyridine rings is 2. The quantitative estimate of drug-likeness (QED) is 0.304. The third-order valence-corrected chi connectivity index (χ3v) is 5.95. The smallest absolute Gasteiger partial charge is 0.417 e. The van der Waals surface area contributed by atoms with Crippen molar-refractivity contribution in [3.05, 3.63) is 88.7 Å². The first-order chi connectivity index (χ1) is 16.7. The van der Waals surface area contributed by atoms with Crippen LogP contribution in [0.5, 0.6) is 17.4 Å². The molecule has 35 heavy (non-hydrogen) atoms. The molecule has 0 spiro atoms. The molecule has 0 radical (unpaired) electrons. The molecule has 1 saturated heterocycles. The Hall–Kier alpha value is -3.66. The Morgan fingerprint density at radius 2 is 1.71 bits per heavy atom. The SMILES string of the molecule is O=C(c1ccc2cc(Oc3ccc(C(F)(F)F)cn3)ccc2n1)N1CC(Oc2ccc(Br)cc2)C1. The molecule has 0 atom stereocenters. The molecule has 0 N–H and O–H groups in total. The van der Waals surface area contributed by atoms with Gasteiger partial charge in [-0.15, -0.1) is 0 Å². The molecule has 0 bridgehead atoms. The van der Waals surface area contributed by atoms with E-state index in [4.69, 9.17) is 9.47 Å². The summed E-state index contributed by atoms with van der Waals surface area (Å²) in [4.78, 5) is 22.6. The fourth-order valence-electron chi connectivity index (χ4n) is 3.56. The van der Waals surface area contributed by atoms with Gasteiger partial charge in [0.1, 0.15) is 23.3 Å². The van der Waals surface area contributed by atoms with Crippen molar-refractivity contribution in [1.82, 2.24) is 14.9 Å². The van der Waals surface area contributed by atoms with Crippen molar-refractivity contribution in [3.8, 4) is 17.4 Å². The maximum atomic E-state index is 12.8. The van der Waals surface area contributed by atoms with Gasteiger partial charge in [-0.2, -0.15) is 13.2 Å². The zero-order valence-corrected chi connectivity index (χ0v) is 19.6. The van der Waals surface area contributed by atoms with E-state index in [2.05, 4.69) is 25.9 Å². The minimum absolute atomic E-state index is 0.0369. The molecule has 0 saturated carbocycles. The molecule has 10 heteroatoms. The molecular weight excluding hydrogens is 527 g/mol. The molecule has 1 aliphatic heterocycles. The highest BCUT2D eigenvalue weighted by molar-refractivity contribution is 9.10. The minimum atomic E-state index is -4.46. The van der Waals surface area contributed by atoms with Gasteiger partial charge in [0.25, 0.3) is 5.91 Å². The van der Waals surface area contributed by atoms with E-state index in [9.17, 15) is 18.0 Å². The molecule has 1 amide bonds. The summed E-state index contributed by atoms with van der Waals surface area (Å²) in [6.45, 7) is 0.947. The number of rotatable bonds is 5. The maximum Gasteiger partial charge on any atom is 0.417 e. The number of hydrogen-bond donors (Lipinski definition) is 0. The summed E-state index contributed by atoms with van der Waals surface area (Å²) in [6, 6.07) is 18.0. The molecular formula is C25H17BrF3N3O3. The van der Waals surface area contributed by atoms with Gasteiger partial charge in [0.2, 0.25) is 5.88 Å². The van der Waals surface area contributed by atoms with Crippen LogP contribution in [0.2, 0.25) is 0 Å². The summed E-state index contributed by atoms with van der Waals surface area (Å²) in [5, 5.41) is 0.714. The molecule has 6 nitrogen and oxygen atoms in total. The standard InChI is InChI=1S/C25H17BrF3N3O3/c26-17-3-5-18(6-4-17)34-20-13-32(14-20)24(33)22-8-1-15-11-19(7-9-21(15)31-22)35-23-10-2-16(12-30-23)25(27,28)29/h1-12,20H,13-14H2. The van der Waals surface area contributed by atoms with Crippen LogP contribution in [0.15, 0.2) is 77.4 Å². The molecule has 0 aliphatic carbocycles. The van der Waals surface area contributed by atoms with Crippen molar-refractivity contribution >= 4 is 32.7 Å². The Labute approximate surface area is 206 Å². The summed E-state index contributed by atoms with van der Waals surface area (Å²) in [5.41, 5.74) is 0.0580. The summed E-state index contributed by atoms with van der Waals surface area (Å²) in [5.74, 6) is 0.992. The van der Waals surface area contributed by atoms with Crippen molar-refractivity contribution in [2.45, 2.75) is 12.3 Å². The molecule has 4 aromatic rings. The second-order valence-corrected chi connectivity index (χ2v) is 8.86. The van der Waals surface area contributed by atoms with Gasteiger partial charge in [0.15, 0.2) is 0 Å². The van der Waals surface area contributed by atoms with Crippen molar-refractivity contribution in [2.75, 3.05) is 13.1 Å². The lowest BCUT2D eigenvalue weighted by Gasteiger charge is -2.38. The largest absolute Gasteiger partial charge is 0.487 e. The molecule has 178 valence electrons. The lowest BCUT2D eigenvalue weighted by Crippen LogP contribution is -2.56. The number of ether oxygens (including phenoxy) is 2. The zero-order chi connectivity index (χ0) is 24.6. The number of hydrogen-bond acceptors (Lipinski definition) is 5. The van der Waals surface area contributed by atoms with Gasteiger partial charge in [-0.3, -0.25) is 4.79 Å². The van der Waals surface area contributed by atoms with Gasteiger partial charge in [-0.05, 0) is 54.6 Å². The summed E-state index contributed by atoms with van der Waals surface area (Å²) < 4.78 is 50.5. The predicted octanol–water partition coefficient (Wildman–Crippen LogP) is 6.11. The summed E-state index contributed by atoms with van der Waals surface area (Å²) in [7, 11) is 0. The highest BCUT2D eigenvalue weighted by atomic mass is 79.9. The second-order valence-electron chi connectivity index (χ2n) is 7.94. The third kappa shape index (κ3) is 5.22. The van der Waals surface area contributed by atoms with Gasteiger partial charge in [0.05, 0.1) is 24.2 Å².